The van der Waals surface area contributed by atoms with Crippen LogP contribution in [0.15, 0.2) is 48.5 Å². The summed E-state index contributed by atoms with van der Waals surface area (Å²) in [7, 11) is 1.26. The van der Waals surface area contributed by atoms with Gasteiger partial charge in [0, 0.05) is 5.02 Å². The van der Waals surface area contributed by atoms with Gasteiger partial charge in [-0.05, 0) is 42.0 Å². The first-order valence-electron chi connectivity index (χ1n) is 5.90. The number of carbonyl (C=O) groups excluding carboxylic acids is 1. The Bertz CT molecular complexity index is 563. The molecule has 0 saturated carbocycles. The number of carbonyl (C=O) groups is 1. The minimum atomic E-state index is -0.750. The monoisotopic (exact) mass is 292 g/mol. The number of methoxy groups -OCH3 is 1. The lowest BCUT2D eigenvalue weighted by atomic mass is 10.2. The molecule has 0 radical (unpaired) electrons. The van der Waals surface area contributed by atoms with E-state index in [1.807, 2.05) is 24.3 Å². The molecular formula is C15H13ClO4. The summed E-state index contributed by atoms with van der Waals surface area (Å²) in [5.41, 5.74) is 1.02. The third kappa shape index (κ3) is 4.17. The van der Waals surface area contributed by atoms with Crippen LogP contribution in [0.2, 0.25) is 5.02 Å². The van der Waals surface area contributed by atoms with Crippen LogP contribution in [0.5, 0.6) is 11.5 Å². The van der Waals surface area contributed by atoms with Gasteiger partial charge < -0.3 is 14.2 Å². The Morgan fingerprint density at radius 2 is 1.60 bits per heavy atom. The fraction of sp³-hybridized carbons (Fsp3) is 0.133. The number of ether oxygens (including phenoxy) is 3. The van der Waals surface area contributed by atoms with E-state index in [0.29, 0.717) is 23.1 Å². The molecule has 0 aliphatic carbocycles. The highest BCUT2D eigenvalue weighted by atomic mass is 35.5. The van der Waals surface area contributed by atoms with E-state index in [0.717, 1.165) is 5.56 Å². The lowest BCUT2D eigenvalue weighted by Crippen LogP contribution is -2.07. The molecule has 2 rings (SSSR count). The standard InChI is InChI=1S/C15H13ClO4/c1-18-15(17)20-14-8-6-13(7-9-14)19-10-11-2-4-12(16)5-3-11/h2-9H,10H2,1H3. The van der Waals surface area contributed by atoms with E-state index in [1.165, 1.54) is 7.11 Å². The smallest absolute Gasteiger partial charge is 0.489 e. The summed E-state index contributed by atoms with van der Waals surface area (Å²) in [6.07, 6.45) is -0.750. The van der Waals surface area contributed by atoms with Gasteiger partial charge in [0.05, 0.1) is 7.11 Å². The lowest BCUT2D eigenvalue weighted by Gasteiger charge is -2.07. The van der Waals surface area contributed by atoms with E-state index in [2.05, 4.69) is 4.74 Å². The molecule has 0 unspecified atom stereocenters. The molecular weight excluding hydrogens is 280 g/mol. The minimum absolute atomic E-state index is 0.399. The fourth-order valence-corrected chi connectivity index (χ4v) is 1.62. The molecule has 0 saturated heterocycles. The lowest BCUT2D eigenvalue weighted by molar-refractivity contribution is 0.121. The van der Waals surface area contributed by atoms with Gasteiger partial charge in [0.25, 0.3) is 0 Å². The highest BCUT2D eigenvalue weighted by Gasteiger charge is 2.03. The van der Waals surface area contributed by atoms with Crippen molar-refractivity contribution in [1.82, 2.24) is 0 Å². The average molecular weight is 293 g/mol. The predicted octanol–water partition coefficient (Wildman–Crippen LogP) is 4.06. The number of hydrogen-bond donors (Lipinski definition) is 0. The van der Waals surface area contributed by atoms with Crippen LogP contribution in [0.4, 0.5) is 4.79 Å². The third-order valence-corrected chi connectivity index (χ3v) is 2.76. The summed E-state index contributed by atoms with van der Waals surface area (Å²) in [6, 6.07) is 14.1. The second kappa shape index (κ2) is 6.82. The van der Waals surface area contributed by atoms with Gasteiger partial charge in [0.2, 0.25) is 0 Å². The van der Waals surface area contributed by atoms with E-state index in [-0.39, 0.29) is 0 Å². The van der Waals surface area contributed by atoms with E-state index in [4.69, 9.17) is 21.1 Å². The van der Waals surface area contributed by atoms with Crippen molar-refractivity contribution in [1.29, 1.82) is 0 Å². The number of halogens is 1. The zero-order valence-corrected chi connectivity index (χ0v) is 11.6. The van der Waals surface area contributed by atoms with Gasteiger partial charge in [-0.3, -0.25) is 0 Å². The maximum absolute atomic E-state index is 10.9. The quantitative estimate of drug-likeness (QED) is 0.629. The molecule has 0 aliphatic heterocycles. The van der Waals surface area contributed by atoms with E-state index in [1.54, 1.807) is 24.3 Å². The Morgan fingerprint density at radius 3 is 2.20 bits per heavy atom. The summed E-state index contributed by atoms with van der Waals surface area (Å²) in [5.74, 6) is 1.08. The second-order valence-corrected chi connectivity index (χ2v) is 4.38. The maximum Gasteiger partial charge on any atom is 0.513 e. The zero-order valence-electron chi connectivity index (χ0n) is 10.8. The average Bonchev–Trinajstić information content (AvgIpc) is 2.48. The normalized spacial score (nSPS) is 9.90. The highest BCUT2D eigenvalue weighted by Crippen LogP contribution is 2.19. The van der Waals surface area contributed by atoms with Crippen molar-refractivity contribution in [2.24, 2.45) is 0 Å². The van der Waals surface area contributed by atoms with Crippen LogP contribution in [-0.4, -0.2) is 13.3 Å². The Kier molecular flexibility index (Phi) is 4.85. The van der Waals surface area contributed by atoms with E-state index >= 15 is 0 Å². The van der Waals surface area contributed by atoms with Crippen LogP contribution in [0.3, 0.4) is 0 Å². The van der Waals surface area contributed by atoms with Crippen LogP contribution < -0.4 is 9.47 Å². The first kappa shape index (κ1) is 14.2. The van der Waals surface area contributed by atoms with Gasteiger partial charge in [0.1, 0.15) is 18.1 Å². The molecule has 2 aromatic rings. The molecule has 5 heteroatoms. The molecule has 0 spiro atoms. The first-order chi connectivity index (χ1) is 9.67. The van der Waals surface area contributed by atoms with E-state index < -0.39 is 6.16 Å². The number of hydrogen-bond acceptors (Lipinski definition) is 4. The first-order valence-corrected chi connectivity index (χ1v) is 6.28. The van der Waals surface area contributed by atoms with Crippen molar-refractivity contribution >= 4 is 17.8 Å². The van der Waals surface area contributed by atoms with Gasteiger partial charge >= 0.3 is 6.16 Å². The van der Waals surface area contributed by atoms with Crippen molar-refractivity contribution in [2.75, 3.05) is 7.11 Å². The Hall–Kier alpha value is -2.20. The Labute approximate surface area is 121 Å². The van der Waals surface area contributed by atoms with Crippen LogP contribution in [0.25, 0.3) is 0 Å². The van der Waals surface area contributed by atoms with Crippen molar-refractivity contribution in [3.63, 3.8) is 0 Å². The summed E-state index contributed by atoms with van der Waals surface area (Å²) in [4.78, 5) is 10.9. The van der Waals surface area contributed by atoms with Crippen molar-refractivity contribution < 1.29 is 19.0 Å². The van der Waals surface area contributed by atoms with Gasteiger partial charge in [0.15, 0.2) is 0 Å². The van der Waals surface area contributed by atoms with Crippen molar-refractivity contribution in [2.45, 2.75) is 6.61 Å². The molecule has 0 amide bonds. The largest absolute Gasteiger partial charge is 0.513 e. The molecule has 0 bridgehead atoms. The third-order valence-electron chi connectivity index (χ3n) is 2.51. The van der Waals surface area contributed by atoms with Gasteiger partial charge in [-0.2, -0.15) is 0 Å². The fourth-order valence-electron chi connectivity index (χ4n) is 1.49. The van der Waals surface area contributed by atoms with Gasteiger partial charge in [-0.25, -0.2) is 4.79 Å². The molecule has 2 aromatic carbocycles. The van der Waals surface area contributed by atoms with Crippen molar-refractivity contribution in [3.05, 3.63) is 59.1 Å². The Balaban J connectivity index is 1.90. The molecule has 0 fully saturated rings. The van der Waals surface area contributed by atoms with Crippen LogP contribution in [-0.2, 0) is 11.3 Å². The summed E-state index contributed by atoms with van der Waals surface area (Å²) < 4.78 is 14.9. The summed E-state index contributed by atoms with van der Waals surface area (Å²) in [5, 5.41) is 0.693. The summed E-state index contributed by atoms with van der Waals surface area (Å²) in [6.45, 7) is 0.439. The molecule has 0 atom stereocenters. The Morgan fingerprint density at radius 1 is 1.00 bits per heavy atom. The predicted molar refractivity (Wildman–Crippen MR) is 75.3 cm³/mol. The van der Waals surface area contributed by atoms with Gasteiger partial charge in [-0.1, -0.05) is 23.7 Å². The molecule has 4 nitrogen and oxygen atoms in total. The van der Waals surface area contributed by atoms with Crippen LogP contribution in [0.1, 0.15) is 5.56 Å². The minimum Gasteiger partial charge on any atom is -0.489 e. The van der Waals surface area contributed by atoms with Crippen LogP contribution in [0, 0.1) is 0 Å². The SMILES string of the molecule is COC(=O)Oc1ccc(OCc2ccc(Cl)cc2)cc1. The molecule has 0 heterocycles. The molecule has 104 valence electrons. The topological polar surface area (TPSA) is 44.8 Å². The van der Waals surface area contributed by atoms with Crippen LogP contribution >= 0.6 is 11.6 Å². The van der Waals surface area contributed by atoms with Gasteiger partial charge in [-0.15, -0.1) is 0 Å². The highest BCUT2D eigenvalue weighted by molar-refractivity contribution is 6.30. The molecule has 0 aromatic heterocycles. The number of rotatable bonds is 4. The zero-order chi connectivity index (χ0) is 14.4. The second-order valence-electron chi connectivity index (χ2n) is 3.94. The van der Waals surface area contributed by atoms with E-state index in [9.17, 15) is 4.79 Å². The van der Waals surface area contributed by atoms with Crippen molar-refractivity contribution in [3.8, 4) is 11.5 Å². The number of benzene rings is 2. The maximum atomic E-state index is 10.9. The molecule has 0 N–H and O–H groups in total. The molecule has 0 aliphatic rings. The molecule has 20 heavy (non-hydrogen) atoms. The summed E-state index contributed by atoms with van der Waals surface area (Å²) >= 11 is 5.81.